The molecule has 0 saturated carbocycles. The van der Waals surface area contributed by atoms with Crippen LogP contribution in [0.2, 0.25) is 0 Å². The monoisotopic (exact) mass is 220 g/mol. The lowest BCUT2D eigenvalue weighted by Gasteiger charge is -2.03. The van der Waals surface area contributed by atoms with Crippen molar-refractivity contribution in [2.45, 2.75) is 12.7 Å². The van der Waals surface area contributed by atoms with Gasteiger partial charge in [0.1, 0.15) is 24.9 Å². The first kappa shape index (κ1) is 9.69. The van der Waals surface area contributed by atoms with Gasteiger partial charge in [-0.25, -0.2) is 0 Å². The van der Waals surface area contributed by atoms with E-state index in [9.17, 15) is 5.11 Å². The highest BCUT2D eigenvalue weighted by molar-refractivity contribution is 5.85. The Morgan fingerprint density at radius 1 is 1.38 bits per heavy atom. The van der Waals surface area contributed by atoms with Crippen molar-refractivity contribution >= 4 is 11.0 Å². The van der Waals surface area contributed by atoms with Crippen molar-refractivity contribution in [1.29, 1.82) is 0 Å². The minimum Gasteiger partial charge on any atom is -0.486 e. The summed E-state index contributed by atoms with van der Waals surface area (Å²) >= 11 is 0. The molecule has 4 heteroatoms. The molecule has 0 aliphatic carbocycles. The average molecular weight is 220 g/mol. The number of fused-ring (bicyclic) bond motifs is 1. The van der Waals surface area contributed by atoms with Gasteiger partial charge in [-0.2, -0.15) is 0 Å². The quantitative estimate of drug-likeness (QED) is 0.797. The van der Waals surface area contributed by atoms with Gasteiger partial charge in [0, 0.05) is 0 Å². The zero-order valence-corrected chi connectivity index (χ0v) is 8.68. The molecule has 1 N–H and O–H groups in total. The van der Waals surface area contributed by atoms with Crippen molar-refractivity contribution in [2.75, 3.05) is 13.2 Å². The molecule has 1 aromatic carbocycles. The van der Waals surface area contributed by atoms with E-state index in [0.717, 1.165) is 17.6 Å². The molecule has 0 radical (unpaired) electrons. The van der Waals surface area contributed by atoms with Crippen LogP contribution >= 0.6 is 0 Å². The molecule has 2 aromatic rings. The average Bonchev–Trinajstić information content (AvgIpc) is 3.07. The van der Waals surface area contributed by atoms with Crippen LogP contribution in [0.25, 0.3) is 11.0 Å². The molecule has 4 nitrogen and oxygen atoms in total. The van der Waals surface area contributed by atoms with Crippen molar-refractivity contribution in [3.05, 3.63) is 30.0 Å². The number of para-hydroxylation sites is 1. The zero-order valence-electron chi connectivity index (χ0n) is 8.68. The first-order valence-electron chi connectivity index (χ1n) is 5.24. The highest BCUT2D eigenvalue weighted by Gasteiger charge is 2.25. The van der Waals surface area contributed by atoms with E-state index in [2.05, 4.69) is 0 Å². The zero-order chi connectivity index (χ0) is 11.0. The number of hydrogen-bond donors (Lipinski definition) is 1. The predicted molar refractivity (Wildman–Crippen MR) is 57.4 cm³/mol. The van der Waals surface area contributed by atoms with Gasteiger partial charge in [0.2, 0.25) is 0 Å². The number of rotatable bonds is 4. The van der Waals surface area contributed by atoms with Crippen LogP contribution in [0, 0.1) is 0 Å². The minimum absolute atomic E-state index is 0.157. The third-order valence-corrected chi connectivity index (χ3v) is 2.58. The predicted octanol–water partition coefficient (Wildman–Crippen LogP) is 1.70. The Bertz CT molecular complexity index is 499. The number of ether oxygens (including phenoxy) is 2. The summed E-state index contributed by atoms with van der Waals surface area (Å²) in [5, 5.41) is 10.1. The van der Waals surface area contributed by atoms with E-state index < -0.39 is 0 Å². The summed E-state index contributed by atoms with van der Waals surface area (Å²) in [6, 6.07) is 7.58. The number of epoxide rings is 1. The van der Waals surface area contributed by atoms with Gasteiger partial charge >= 0.3 is 0 Å². The second kappa shape index (κ2) is 3.81. The number of benzene rings is 1. The molecule has 1 aliphatic heterocycles. The molecule has 1 aliphatic rings. The Kier molecular flexibility index (Phi) is 2.31. The van der Waals surface area contributed by atoms with Crippen LogP contribution in [0.5, 0.6) is 5.75 Å². The molecule has 0 amide bonds. The van der Waals surface area contributed by atoms with Crippen LogP contribution in [-0.2, 0) is 11.3 Å². The maximum atomic E-state index is 9.20. The summed E-state index contributed by atoms with van der Waals surface area (Å²) in [6.07, 6.45) is 0.195. The van der Waals surface area contributed by atoms with E-state index in [1.165, 1.54) is 0 Å². The number of aliphatic hydroxyl groups excluding tert-OH is 1. The third kappa shape index (κ3) is 1.66. The molecule has 1 aromatic heterocycles. The first-order chi connectivity index (χ1) is 7.88. The Balaban J connectivity index is 1.97. The Morgan fingerprint density at radius 2 is 2.19 bits per heavy atom. The standard InChI is InChI=1S/C12H12O4/c13-5-11-12(15-7-8-6-14-8)9-3-1-2-4-10(9)16-11/h1-4,8,13H,5-7H2. The van der Waals surface area contributed by atoms with Gasteiger partial charge in [0.25, 0.3) is 0 Å². The fourth-order valence-electron chi connectivity index (χ4n) is 1.68. The molecule has 0 bridgehead atoms. The highest BCUT2D eigenvalue weighted by Crippen LogP contribution is 2.33. The van der Waals surface area contributed by atoms with E-state index in [0.29, 0.717) is 18.1 Å². The lowest BCUT2D eigenvalue weighted by molar-refractivity contribution is 0.223. The smallest absolute Gasteiger partial charge is 0.172 e. The second-order valence-electron chi connectivity index (χ2n) is 3.77. The van der Waals surface area contributed by atoms with Crippen molar-refractivity contribution < 1.29 is 19.0 Å². The summed E-state index contributed by atoms with van der Waals surface area (Å²) in [7, 11) is 0. The third-order valence-electron chi connectivity index (χ3n) is 2.58. The van der Waals surface area contributed by atoms with Gasteiger partial charge in [-0.15, -0.1) is 0 Å². The van der Waals surface area contributed by atoms with Crippen LogP contribution in [0.1, 0.15) is 5.76 Å². The Hall–Kier alpha value is -1.52. The summed E-state index contributed by atoms with van der Waals surface area (Å²) in [5.74, 6) is 1.11. The topological polar surface area (TPSA) is 55.1 Å². The Morgan fingerprint density at radius 3 is 2.94 bits per heavy atom. The number of hydrogen-bond acceptors (Lipinski definition) is 4. The van der Waals surface area contributed by atoms with Gasteiger partial charge in [0.05, 0.1) is 12.0 Å². The van der Waals surface area contributed by atoms with E-state index >= 15 is 0 Å². The molecule has 1 fully saturated rings. The van der Waals surface area contributed by atoms with Crippen LogP contribution in [-0.4, -0.2) is 24.4 Å². The van der Waals surface area contributed by atoms with Crippen molar-refractivity contribution in [1.82, 2.24) is 0 Å². The largest absolute Gasteiger partial charge is 0.486 e. The molecule has 16 heavy (non-hydrogen) atoms. The molecule has 84 valence electrons. The van der Waals surface area contributed by atoms with E-state index in [1.54, 1.807) is 0 Å². The van der Waals surface area contributed by atoms with E-state index in [-0.39, 0.29) is 12.7 Å². The molecule has 3 rings (SSSR count). The van der Waals surface area contributed by atoms with Crippen molar-refractivity contribution in [2.24, 2.45) is 0 Å². The second-order valence-corrected chi connectivity index (χ2v) is 3.77. The SMILES string of the molecule is OCc1oc2ccccc2c1OCC1CO1. The molecule has 0 spiro atoms. The summed E-state index contributed by atoms with van der Waals surface area (Å²) in [5.41, 5.74) is 0.735. The van der Waals surface area contributed by atoms with Crippen LogP contribution in [0.4, 0.5) is 0 Å². The summed E-state index contributed by atoms with van der Waals surface area (Å²) < 4.78 is 16.2. The van der Waals surface area contributed by atoms with Gasteiger partial charge in [-0.3, -0.25) is 0 Å². The Labute approximate surface area is 92.4 Å². The van der Waals surface area contributed by atoms with E-state index in [1.807, 2.05) is 24.3 Å². The molecular formula is C12H12O4. The highest BCUT2D eigenvalue weighted by atomic mass is 16.6. The van der Waals surface area contributed by atoms with Gasteiger partial charge < -0.3 is 19.0 Å². The lowest BCUT2D eigenvalue weighted by atomic mass is 10.2. The van der Waals surface area contributed by atoms with Crippen LogP contribution in [0.3, 0.4) is 0 Å². The number of furan rings is 1. The fourth-order valence-corrected chi connectivity index (χ4v) is 1.68. The van der Waals surface area contributed by atoms with Crippen LogP contribution in [0.15, 0.2) is 28.7 Å². The molecule has 1 unspecified atom stereocenters. The van der Waals surface area contributed by atoms with Gasteiger partial charge in [-0.1, -0.05) is 12.1 Å². The lowest BCUT2D eigenvalue weighted by Crippen LogP contribution is -2.04. The van der Waals surface area contributed by atoms with Gasteiger partial charge in [-0.05, 0) is 12.1 Å². The molecule has 1 saturated heterocycles. The summed E-state index contributed by atoms with van der Waals surface area (Å²) in [4.78, 5) is 0. The maximum Gasteiger partial charge on any atom is 0.172 e. The number of aliphatic hydroxyl groups is 1. The van der Waals surface area contributed by atoms with E-state index in [4.69, 9.17) is 13.9 Å². The first-order valence-corrected chi connectivity index (χ1v) is 5.24. The van der Waals surface area contributed by atoms with Crippen molar-refractivity contribution in [3.8, 4) is 5.75 Å². The van der Waals surface area contributed by atoms with Crippen molar-refractivity contribution in [3.63, 3.8) is 0 Å². The molecule has 1 atom stereocenters. The molecular weight excluding hydrogens is 208 g/mol. The maximum absolute atomic E-state index is 9.20. The van der Waals surface area contributed by atoms with Gasteiger partial charge in [0.15, 0.2) is 11.5 Å². The molecule has 2 heterocycles. The minimum atomic E-state index is -0.157. The fraction of sp³-hybridized carbons (Fsp3) is 0.333. The van der Waals surface area contributed by atoms with Crippen LogP contribution < -0.4 is 4.74 Å². The summed E-state index contributed by atoms with van der Waals surface area (Å²) in [6.45, 7) is 1.11. The normalized spacial score (nSPS) is 18.9.